The quantitative estimate of drug-likeness (QED) is 0.704. The molecule has 2 saturated heterocycles. The van der Waals surface area contributed by atoms with Crippen molar-refractivity contribution in [2.45, 2.75) is 39.8 Å². The molecule has 2 aromatic rings. The fourth-order valence-corrected chi connectivity index (χ4v) is 4.91. The number of nitrogens with zero attached hydrogens (tertiary/aromatic N) is 5. The van der Waals surface area contributed by atoms with Crippen LogP contribution in [0.25, 0.3) is 0 Å². The van der Waals surface area contributed by atoms with Crippen molar-refractivity contribution in [2.24, 2.45) is 5.41 Å². The molecule has 1 spiro atoms. The molecule has 4 rings (SSSR count). The summed E-state index contributed by atoms with van der Waals surface area (Å²) in [5.41, 5.74) is 0.529. The van der Waals surface area contributed by atoms with Gasteiger partial charge in [0, 0.05) is 43.7 Å². The summed E-state index contributed by atoms with van der Waals surface area (Å²) >= 11 is 0. The molecule has 31 heavy (non-hydrogen) atoms. The van der Waals surface area contributed by atoms with Crippen LogP contribution >= 0.6 is 0 Å². The second-order valence-corrected chi connectivity index (χ2v) is 9.38. The highest BCUT2D eigenvalue weighted by Crippen LogP contribution is 2.43. The Bertz CT molecular complexity index is 958. The minimum atomic E-state index is -0.480. The Labute approximate surface area is 182 Å². The maximum Gasteiger partial charge on any atom is 0.258 e. The maximum absolute atomic E-state index is 14.1. The van der Waals surface area contributed by atoms with E-state index in [1.165, 1.54) is 24.5 Å². The Morgan fingerprint density at radius 3 is 2.42 bits per heavy atom. The molecule has 166 valence electrons. The van der Waals surface area contributed by atoms with E-state index in [0.29, 0.717) is 22.7 Å². The van der Waals surface area contributed by atoms with Gasteiger partial charge in [0.15, 0.2) is 11.6 Å². The van der Waals surface area contributed by atoms with Crippen LogP contribution in [-0.4, -0.2) is 71.0 Å². The van der Waals surface area contributed by atoms with Gasteiger partial charge in [-0.1, -0.05) is 0 Å². The Morgan fingerprint density at radius 2 is 1.81 bits per heavy atom. The van der Waals surface area contributed by atoms with Crippen LogP contribution in [0.5, 0.6) is 11.5 Å². The van der Waals surface area contributed by atoms with E-state index in [9.17, 15) is 9.18 Å². The van der Waals surface area contributed by atoms with E-state index in [-0.39, 0.29) is 23.6 Å². The molecule has 3 heterocycles. The molecule has 0 aliphatic carbocycles. The van der Waals surface area contributed by atoms with Crippen molar-refractivity contribution in [1.29, 1.82) is 0 Å². The van der Waals surface area contributed by atoms with Gasteiger partial charge in [0.05, 0.1) is 11.8 Å². The molecule has 0 saturated carbocycles. The van der Waals surface area contributed by atoms with Crippen molar-refractivity contribution in [3.05, 3.63) is 42.1 Å². The van der Waals surface area contributed by atoms with Gasteiger partial charge in [-0.3, -0.25) is 4.79 Å². The Kier molecular flexibility index (Phi) is 5.60. The molecule has 7 nitrogen and oxygen atoms in total. The molecule has 2 fully saturated rings. The number of hydrogen-bond acceptors (Lipinski definition) is 6. The van der Waals surface area contributed by atoms with E-state index in [1.54, 1.807) is 11.1 Å². The number of ether oxygens (including phenoxy) is 1. The number of hydrogen-bond donors (Lipinski definition) is 0. The summed E-state index contributed by atoms with van der Waals surface area (Å²) in [5.74, 6) is 0.714. The minimum Gasteiger partial charge on any atom is -0.451 e. The number of anilines is 1. The summed E-state index contributed by atoms with van der Waals surface area (Å²) in [6, 6.07) is 3.97. The lowest BCUT2D eigenvalue weighted by molar-refractivity contribution is -0.00298. The molecular weight excluding hydrogens is 397 g/mol. The molecule has 2 aliphatic heterocycles. The molecule has 2 aliphatic rings. The van der Waals surface area contributed by atoms with E-state index in [0.717, 1.165) is 26.2 Å². The second-order valence-electron chi connectivity index (χ2n) is 9.38. The van der Waals surface area contributed by atoms with Crippen molar-refractivity contribution in [2.75, 3.05) is 38.1 Å². The number of carbonyl (C=O) groups excluding carboxylic acids is 1. The van der Waals surface area contributed by atoms with Gasteiger partial charge in [0.25, 0.3) is 5.91 Å². The van der Waals surface area contributed by atoms with Crippen molar-refractivity contribution in [3.8, 4) is 11.5 Å². The van der Waals surface area contributed by atoms with Gasteiger partial charge in [-0.15, -0.1) is 0 Å². The number of amides is 1. The first-order valence-electron chi connectivity index (χ1n) is 10.7. The molecule has 0 atom stereocenters. The van der Waals surface area contributed by atoms with Crippen LogP contribution in [0.1, 0.15) is 38.1 Å². The average Bonchev–Trinajstić information content (AvgIpc) is 2.65. The number of carbonyl (C=O) groups is 1. The first-order chi connectivity index (χ1) is 14.7. The van der Waals surface area contributed by atoms with Crippen LogP contribution in [0, 0.1) is 11.2 Å². The summed E-state index contributed by atoms with van der Waals surface area (Å²) in [7, 11) is 2.12. The molecule has 1 amide bonds. The normalized spacial score (nSPS) is 17.6. The van der Waals surface area contributed by atoms with Crippen LogP contribution < -0.4 is 9.64 Å². The van der Waals surface area contributed by atoms with Gasteiger partial charge >= 0.3 is 0 Å². The lowest BCUT2D eigenvalue weighted by Crippen LogP contribution is -2.71. The Hall–Kier alpha value is -2.74. The summed E-state index contributed by atoms with van der Waals surface area (Å²) in [4.78, 5) is 28.0. The largest absolute Gasteiger partial charge is 0.451 e. The van der Waals surface area contributed by atoms with Gasteiger partial charge in [-0.2, -0.15) is 0 Å². The molecule has 0 radical (unpaired) electrons. The van der Waals surface area contributed by atoms with Gasteiger partial charge in [0.1, 0.15) is 17.9 Å². The van der Waals surface area contributed by atoms with Crippen molar-refractivity contribution in [3.63, 3.8) is 0 Å². The molecule has 8 heteroatoms. The molecule has 1 aromatic heterocycles. The summed E-state index contributed by atoms with van der Waals surface area (Å²) < 4.78 is 20.2. The monoisotopic (exact) mass is 427 g/mol. The lowest BCUT2D eigenvalue weighted by Gasteiger charge is -2.59. The van der Waals surface area contributed by atoms with Crippen molar-refractivity contribution >= 4 is 11.7 Å². The molecular formula is C23H30FN5O2. The van der Waals surface area contributed by atoms with Gasteiger partial charge in [-0.25, -0.2) is 14.4 Å². The van der Waals surface area contributed by atoms with Crippen LogP contribution in [0.3, 0.4) is 0 Å². The standard InChI is InChI=1S/C23H30FN5O2/c1-15(2)29(16(3)4)22(30)18-8-17(24)6-7-19(18)31-20-9-25-14-26-21(20)28-12-23(13-28)10-27(5)11-23/h6-9,14-16H,10-13H2,1-5H3. The van der Waals surface area contributed by atoms with Gasteiger partial charge < -0.3 is 19.4 Å². The summed E-state index contributed by atoms with van der Waals surface area (Å²) in [5, 5.41) is 0. The zero-order valence-corrected chi connectivity index (χ0v) is 18.8. The number of halogens is 1. The molecule has 1 aromatic carbocycles. The first-order valence-corrected chi connectivity index (χ1v) is 10.7. The van der Waals surface area contributed by atoms with E-state index in [1.807, 2.05) is 27.7 Å². The number of likely N-dealkylation sites (tertiary alicyclic amines) is 1. The predicted molar refractivity (Wildman–Crippen MR) is 117 cm³/mol. The van der Waals surface area contributed by atoms with Crippen LogP contribution in [0.15, 0.2) is 30.7 Å². The number of benzene rings is 1. The lowest BCUT2D eigenvalue weighted by atomic mass is 9.73. The van der Waals surface area contributed by atoms with Crippen molar-refractivity contribution < 1.29 is 13.9 Å². The maximum atomic E-state index is 14.1. The smallest absolute Gasteiger partial charge is 0.258 e. The average molecular weight is 428 g/mol. The highest BCUT2D eigenvalue weighted by Gasteiger charge is 2.51. The van der Waals surface area contributed by atoms with E-state index >= 15 is 0 Å². The van der Waals surface area contributed by atoms with Crippen LogP contribution in [0.4, 0.5) is 10.2 Å². The van der Waals surface area contributed by atoms with E-state index < -0.39 is 5.82 Å². The van der Waals surface area contributed by atoms with Gasteiger partial charge in [-0.05, 0) is 52.9 Å². The number of aromatic nitrogens is 2. The first kappa shape index (κ1) is 21.5. The SMILES string of the molecule is CC(C)N(C(=O)c1cc(F)ccc1Oc1cncnc1N1CC2(CN(C)C2)C1)C(C)C. The van der Waals surface area contributed by atoms with Crippen LogP contribution in [0.2, 0.25) is 0 Å². The van der Waals surface area contributed by atoms with Crippen molar-refractivity contribution in [1.82, 2.24) is 19.8 Å². The molecule has 0 unspecified atom stereocenters. The Morgan fingerprint density at radius 1 is 1.13 bits per heavy atom. The van der Waals surface area contributed by atoms with E-state index in [2.05, 4.69) is 26.8 Å². The summed E-state index contributed by atoms with van der Waals surface area (Å²) in [6.45, 7) is 11.8. The zero-order valence-electron chi connectivity index (χ0n) is 18.8. The summed E-state index contributed by atoms with van der Waals surface area (Å²) in [6.07, 6.45) is 3.09. The minimum absolute atomic E-state index is 0.0304. The molecule has 0 N–H and O–H groups in total. The third-order valence-corrected chi connectivity index (χ3v) is 5.96. The number of rotatable bonds is 6. The topological polar surface area (TPSA) is 61.8 Å². The highest BCUT2D eigenvalue weighted by molar-refractivity contribution is 5.97. The fraction of sp³-hybridized carbons (Fsp3) is 0.522. The van der Waals surface area contributed by atoms with Crippen LogP contribution in [-0.2, 0) is 0 Å². The molecule has 0 bridgehead atoms. The fourth-order valence-electron chi connectivity index (χ4n) is 4.91. The Balaban J connectivity index is 1.60. The second kappa shape index (κ2) is 8.07. The zero-order chi connectivity index (χ0) is 22.3. The van der Waals surface area contributed by atoms with Gasteiger partial charge in [0.2, 0.25) is 0 Å². The van der Waals surface area contributed by atoms with E-state index in [4.69, 9.17) is 4.74 Å². The predicted octanol–water partition coefficient (Wildman–Crippen LogP) is 3.42. The third-order valence-electron chi connectivity index (χ3n) is 5.96. The highest BCUT2D eigenvalue weighted by atomic mass is 19.1. The third kappa shape index (κ3) is 4.08.